The standard InChI is InChI=1S/C20H16N2O5S5/c23-14(7-11-2-1-4-28-11)21-15-17(24)22-16(19(25)26)13(8-30-18(15)22)31-12-6-10-3-5-29-20(10)32(27)9-12/h1-6,9,15,18,20H,7-8H2,(H,21,23)(H,25,26)/t15?,18-,20?,32?/m0/s1. The van der Waals surface area contributed by atoms with Crippen molar-refractivity contribution >= 4 is 75.6 Å². The Morgan fingerprint density at radius 2 is 2.25 bits per heavy atom. The molecule has 4 atom stereocenters. The molecule has 1 aromatic rings. The molecule has 2 N–H and O–H groups in total. The van der Waals surface area contributed by atoms with Crippen molar-refractivity contribution < 1.29 is 24.0 Å². The van der Waals surface area contributed by atoms with Crippen LogP contribution in [0.4, 0.5) is 0 Å². The zero-order chi connectivity index (χ0) is 22.4. The molecule has 4 aliphatic heterocycles. The molecule has 0 aromatic carbocycles. The highest BCUT2D eigenvalue weighted by atomic mass is 32.3. The SMILES string of the molecule is O=C(Cc1cccs1)NC1C(=O)N2C(C(=O)O)=C(SC3=C[S+]([O-])C4SC=CC4=C3)CS[C@@H]12. The third kappa shape index (κ3) is 4.08. The minimum absolute atomic E-state index is 0.0592. The van der Waals surface area contributed by atoms with Gasteiger partial charge in [-0.05, 0) is 40.2 Å². The van der Waals surface area contributed by atoms with E-state index in [0.29, 0.717) is 15.6 Å². The molecule has 3 unspecified atom stereocenters. The molecule has 12 heteroatoms. The van der Waals surface area contributed by atoms with E-state index in [1.54, 1.807) is 5.41 Å². The van der Waals surface area contributed by atoms with Gasteiger partial charge in [-0.25, -0.2) is 4.79 Å². The number of fused-ring (bicyclic) bond motifs is 2. The first-order valence-electron chi connectivity index (χ1n) is 9.48. The normalized spacial score (nSPS) is 28.5. The predicted molar refractivity (Wildman–Crippen MR) is 130 cm³/mol. The molecule has 1 saturated heterocycles. The Hall–Kier alpha value is -1.57. The van der Waals surface area contributed by atoms with Gasteiger partial charge in [-0.15, -0.1) is 23.1 Å². The Balaban J connectivity index is 1.32. The lowest BCUT2D eigenvalue weighted by molar-refractivity contribution is -0.150. The van der Waals surface area contributed by atoms with Crippen molar-refractivity contribution in [1.29, 1.82) is 0 Å². The fourth-order valence-corrected chi connectivity index (χ4v) is 9.58. The molecule has 0 radical (unpaired) electrons. The van der Waals surface area contributed by atoms with E-state index in [-0.39, 0.29) is 22.6 Å². The summed E-state index contributed by atoms with van der Waals surface area (Å²) in [6.07, 6.45) is 4.03. The Morgan fingerprint density at radius 3 is 3.00 bits per heavy atom. The molecule has 5 rings (SSSR count). The van der Waals surface area contributed by atoms with Crippen LogP contribution in [0.5, 0.6) is 0 Å². The quantitative estimate of drug-likeness (QED) is 0.432. The lowest BCUT2D eigenvalue weighted by Crippen LogP contribution is -2.70. The average molecular weight is 525 g/mol. The van der Waals surface area contributed by atoms with Gasteiger partial charge in [-0.3, -0.25) is 14.5 Å². The van der Waals surface area contributed by atoms with Crippen LogP contribution in [-0.2, 0) is 32.0 Å². The largest absolute Gasteiger partial charge is 0.611 e. The van der Waals surface area contributed by atoms with E-state index in [1.165, 1.54) is 51.5 Å². The first kappa shape index (κ1) is 22.2. The van der Waals surface area contributed by atoms with E-state index in [4.69, 9.17) is 0 Å². The van der Waals surface area contributed by atoms with Crippen LogP contribution in [-0.4, -0.2) is 54.1 Å². The van der Waals surface area contributed by atoms with E-state index < -0.39 is 34.5 Å². The Kier molecular flexibility index (Phi) is 6.25. The van der Waals surface area contributed by atoms with Crippen molar-refractivity contribution in [2.75, 3.05) is 5.75 Å². The molecule has 2 amide bonds. The minimum Gasteiger partial charge on any atom is -0.611 e. The van der Waals surface area contributed by atoms with E-state index in [9.17, 15) is 24.0 Å². The molecule has 32 heavy (non-hydrogen) atoms. The maximum atomic E-state index is 12.8. The van der Waals surface area contributed by atoms with Gasteiger partial charge < -0.3 is 15.0 Å². The molecule has 5 heterocycles. The summed E-state index contributed by atoms with van der Waals surface area (Å²) in [4.78, 5) is 40.6. The summed E-state index contributed by atoms with van der Waals surface area (Å²) in [7, 11) is 0. The fraction of sp³-hybridized carbons (Fsp3) is 0.250. The van der Waals surface area contributed by atoms with Gasteiger partial charge in [0.05, 0.1) is 11.3 Å². The molecular formula is C20H16N2O5S5. The number of carboxylic acid groups (broad SMARTS) is 1. The van der Waals surface area contributed by atoms with E-state index in [0.717, 1.165) is 10.5 Å². The molecular weight excluding hydrogens is 509 g/mol. The number of thioether (sulfide) groups is 3. The maximum absolute atomic E-state index is 12.8. The van der Waals surface area contributed by atoms with Crippen LogP contribution in [0.15, 0.2) is 61.6 Å². The molecule has 0 aliphatic carbocycles. The van der Waals surface area contributed by atoms with Gasteiger partial charge in [0.25, 0.3) is 5.91 Å². The monoisotopic (exact) mass is 524 g/mol. The number of aliphatic carboxylic acids is 1. The first-order chi connectivity index (χ1) is 15.4. The van der Waals surface area contributed by atoms with Gasteiger partial charge >= 0.3 is 5.97 Å². The van der Waals surface area contributed by atoms with Gasteiger partial charge in [0.1, 0.15) is 22.5 Å². The number of hydrogen-bond donors (Lipinski definition) is 2. The number of nitrogens with one attached hydrogen (secondary N) is 1. The van der Waals surface area contributed by atoms with Crippen LogP contribution in [0.2, 0.25) is 0 Å². The fourth-order valence-electron chi connectivity index (χ4n) is 3.69. The lowest BCUT2D eigenvalue weighted by Gasteiger charge is -2.49. The third-order valence-corrected chi connectivity index (χ3v) is 11.5. The molecule has 0 saturated carbocycles. The van der Waals surface area contributed by atoms with Gasteiger partial charge in [-0.1, -0.05) is 29.6 Å². The van der Waals surface area contributed by atoms with Crippen LogP contribution >= 0.6 is 46.6 Å². The van der Waals surface area contributed by atoms with E-state index >= 15 is 0 Å². The third-order valence-electron chi connectivity index (χ3n) is 5.10. The summed E-state index contributed by atoms with van der Waals surface area (Å²) in [5, 5.41) is 17.6. The summed E-state index contributed by atoms with van der Waals surface area (Å²) in [5.74, 6) is -1.48. The highest BCUT2D eigenvalue weighted by Gasteiger charge is 2.54. The summed E-state index contributed by atoms with van der Waals surface area (Å²) < 4.78 is 12.4. The average Bonchev–Trinajstić information content (AvgIpc) is 3.43. The smallest absolute Gasteiger partial charge is 0.353 e. The van der Waals surface area contributed by atoms with E-state index in [2.05, 4.69) is 5.32 Å². The molecule has 0 spiro atoms. The second-order valence-electron chi connectivity index (χ2n) is 7.15. The van der Waals surface area contributed by atoms with Crippen molar-refractivity contribution in [3.63, 3.8) is 0 Å². The number of thiophene rings is 1. The van der Waals surface area contributed by atoms with Crippen molar-refractivity contribution in [3.8, 4) is 0 Å². The molecule has 1 fully saturated rings. The lowest BCUT2D eigenvalue weighted by atomic mass is 10.0. The Labute approximate surface area is 203 Å². The Morgan fingerprint density at radius 1 is 1.41 bits per heavy atom. The second-order valence-corrected chi connectivity index (χ2v) is 13.1. The topological polar surface area (TPSA) is 110 Å². The van der Waals surface area contributed by atoms with Crippen LogP contribution in [0.25, 0.3) is 0 Å². The summed E-state index contributed by atoms with van der Waals surface area (Å²) in [5.41, 5.74) is 0.891. The molecule has 1 aromatic heterocycles. The highest BCUT2D eigenvalue weighted by Crippen LogP contribution is 2.47. The predicted octanol–water partition coefficient (Wildman–Crippen LogP) is 2.84. The Bertz CT molecular complexity index is 1110. The van der Waals surface area contributed by atoms with Gasteiger partial charge in [0.2, 0.25) is 5.91 Å². The van der Waals surface area contributed by atoms with Crippen molar-refractivity contribution in [2.24, 2.45) is 0 Å². The molecule has 0 bridgehead atoms. The maximum Gasteiger partial charge on any atom is 0.353 e. The zero-order valence-corrected chi connectivity index (χ0v) is 20.3. The summed E-state index contributed by atoms with van der Waals surface area (Å²) in [6, 6.07) is 2.98. The number of hydrogen-bond acceptors (Lipinski definition) is 8. The van der Waals surface area contributed by atoms with Gasteiger partial charge in [0, 0.05) is 21.1 Å². The first-order valence-corrected chi connectivity index (χ1v) is 14.4. The number of amides is 2. The van der Waals surface area contributed by atoms with Gasteiger partial charge in [0.15, 0.2) is 4.58 Å². The van der Waals surface area contributed by atoms with Crippen LogP contribution < -0.4 is 5.32 Å². The zero-order valence-electron chi connectivity index (χ0n) is 16.3. The number of carbonyl (C=O) groups excluding carboxylic acids is 2. The van der Waals surface area contributed by atoms with Crippen molar-refractivity contribution in [3.05, 3.63) is 66.4 Å². The number of carboxylic acids is 1. The number of nitrogens with zero attached hydrogens (tertiary/aromatic N) is 1. The minimum atomic E-state index is -1.19. The van der Waals surface area contributed by atoms with Crippen molar-refractivity contribution in [1.82, 2.24) is 10.2 Å². The summed E-state index contributed by atoms with van der Waals surface area (Å²) in [6.45, 7) is 0. The number of β-lactam (4-membered cyclic amide) rings is 1. The summed E-state index contributed by atoms with van der Waals surface area (Å²) >= 11 is 4.44. The van der Waals surface area contributed by atoms with Crippen molar-refractivity contribution in [2.45, 2.75) is 22.4 Å². The van der Waals surface area contributed by atoms with Crippen LogP contribution in [0.3, 0.4) is 0 Å². The number of rotatable bonds is 6. The van der Waals surface area contributed by atoms with Gasteiger partial charge in [-0.2, -0.15) is 0 Å². The molecule has 166 valence electrons. The van der Waals surface area contributed by atoms with Crippen LogP contribution in [0, 0.1) is 0 Å². The number of allylic oxidation sites excluding steroid dienone is 2. The number of carbonyl (C=O) groups is 3. The molecule has 4 aliphatic rings. The highest BCUT2D eigenvalue weighted by molar-refractivity contribution is 8.17. The van der Waals surface area contributed by atoms with Crippen LogP contribution in [0.1, 0.15) is 4.88 Å². The second kappa shape index (κ2) is 8.99. The molecule has 7 nitrogen and oxygen atoms in total. The van der Waals surface area contributed by atoms with E-state index in [1.807, 2.05) is 35.1 Å².